The highest BCUT2D eigenvalue weighted by molar-refractivity contribution is 5.57. The summed E-state index contributed by atoms with van der Waals surface area (Å²) in [6.45, 7) is 4.10. The third-order valence-electron chi connectivity index (χ3n) is 3.40. The minimum atomic E-state index is 0.480. The zero-order valence-electron chi connectivity index (χ0n) is 10.5. The molecule has 4 nitrogen and oxygen atoms in total. The molecule has 1 fully saturated rings. The van der Waals surface area contributed by atoms with Crippen LogP contribution < -0.4 is 5.32 Å². The van der Waals surface area contributed by atoms with Crippen LogP contribution in [0.25, 0.3) is 0 Å². The Balaban J connectivity index is 2.34. The number of nitrogens with zero attached hydrogens (tertiary/aromatic N) is 3. The van der Waals surface area contributed by atoms with Gasteiger partial charge in [0.1, 0.15) is 11.6 Å². The fraction of sp³-hybridized carbons (Fsp3) is 0.615. The van der Waals surface area contributed by atoms with E-state index in [1.165, 1.54) is 19.3 Å². The van der Waals surface area contributed by atoms with Crippen LogP contribution in [-0.4, -0.2) is 16.2 Å². The molecule has 1 aromatic rings. The van der Waals surface area contributed by atoms with Gasteiger partial charge in [-0.2, -0.15) is 10.4 Å². The van der Waals surface area contributed by atoms with Crippen LogP contribution >= 0.6 is 0 Å². The predicted octanol–water partition coefficient (Wildman–Crippen LogP) is 2.44. The third kappa shape index (κ3) is 2.23. The standard InChI is InChI=1S/C13H18N4/c1-3-10-11(8-14)13(15-9-6-5-7-9)17-16-12(10)4-2/h9H,3-7H2,1-2H3,(H,15,17). The average Bonchev–Trinajstić information content (AvgIpc) is 2.32. The van der Waals surface area contributed by atoms with E-state index in [9.17, 15) is 5.26 Å². The highest BCUT2D eigenvalue weighted by atomic mass is 15.2. The van der Waals surface area contributed by atoms with E-state index in [2.05, 4.69) is 28.5 Å². The molecule has 0 aliphatic heterocycles. The van der Waals surface area contributed by atoms with Gasteiger partial charge in [0.05, 0.1) is 5.69 Å². The molecule has 0 aromatic carbocycles. The van der Waals surface area contributed by atoms with Gasteiger partial charge in [0.15, 0.2) is 5.82 Å². The largest absolute Gasteiger partial charge is 0.365 e. The van der Waals surface area contributed by atoms with Gasteiger partial charge in [-0.05, 0) is 37.7 Å². The number of hydrogen-bond donors (Lipinski definition) is 1. The first-order chi connectivity index (χ1) is 8.30. The van der Waals surface area contributed by atoms with Gasteiger partial charge in [-0.3, -0.25) is 0 Å². The molecule has 0 radical (unpaired) electrons. The van der Waals surface area contributed by atoms with Crippen LogP contribution in [0.1, 0.15) is 49.9 Å². The summed E-state index contributed by atoms with van der Waals surface area (Å²) in [6.07, 6.45) is 5.27. The average molecular weight is 230 g/mol. The zero-order chi connectivity index (χ0) is 12.3. The molecular weight excluding hydrogens is 212 g/mol. The summed E-state index contributed by atoms with van der Waals surface area (Å²) >= 11 is 0. The Morgan fingerprint density at radius 1 is 1.29 bits per heavy atom. The van der Waals surface area contributed by atoms with Crippen molar-refractivity contribution in [3.8, 4) is 6.07 Å². The second-order valence-electron chi connectivity index (χ2n) is 4.44. The molecule has 2 rings (SSSR count). The number of nitrogens with one attached hydrogen (secondary N) is 1. The fourth-order valence-corrected chi connectivity index (χ4v) is 2.14. The van der Waals surface area contributed by atoms with Crippen molar-refractivity contribution in [3.63, 3.8) is 0 Å². The second kappa shape index (κ2) is 5.13. The van der Waals surface area contributed by atoms with Gasteiger partial charge < -0.3 is 5.32 Å². The first kappa shape index (κ1) is 11.8. The SMILES string of the molecule is CCc1nnc(NC2CCC2)c(C#N)c1CC. The summed E-state index contributed by atoms with van der Waals surface area (Å²) in [4.78, 5) is 0. The molecule has 0 saturated heterocycles. The Morgan fingerprint density at radius 3 is 2.53 bits per heavy atom. The van der Waals surface area contributed by atoms with Gasteiger partial charge in [0.25, 0.3) is 0 Å². The van der Waals surface area contributed by atoms with Gasteiger partial charge in [0.2, 0.25) is 0 Å². The van der Waals surface area contributed by atoms with Crippen LogP contribution in [0.5, 0.6) is 0 Å². The molecule has 1 heterocycles. The first-order valence-electron chi connectivity index (χ1n) is 6.35. The lowest BCUT2D eigenvalue weighted by atomic mass is 9.93. The Morgan fingerprint density at radius 2 is 2.06 bits per heavy atom. The molecule has 0 bridgehead atoms. The lowest BCUT2D eigenvalue weighted by molar-refractivity contribution is 0.443. The van der Waals surface area contributed by atoms with Crippen LogP contribution in [-0.2, 0) is 12.8 Å². The quantitative estimate of drug-likeness (QED) is 0.863. The van der Waals surface area contributed by atoms with Gasteiger partial charge >= 0.3 is 0 Å². The summed E-state index contributed by atoms with van der Waals surface area (Å²) in [5, 5.41) is 21.0. The highest BCUT2D eigenvalue weighted by Crippen LogP contribution is 2.26. The van der Waals surface area contributed by atoms with E-state index in [4.69, 9.17) is 0 Å². The van der Waals surface area contributed by atoms with Crippen molar-refractivity contribution in [1.29, 1.82) is 5.26 Å². The number of aryl methyl sites for hydroxylation is 1. The molecule has 1 saturated carbocycles. The molecule has 0 spiro atoms. The van der Waals surface area contributed by atoms with Crippen molar-refractivity contribution in [1.82, 2.24) is 10.2 Å². The predicted molar refractivity (Wildman–Crippen MR) is 66.8 cm³/mol. The summed E-state index contributed by atoms with van der Waals surface area (Å²) in [6, 6.07) is 2.76. The molecule has 4 heteroatoms. The summed E-state index contributed by atoms with van der Waals surface area (Å²) < 4.78 is 0. The number of nitriles is 1. The van der Waals surface area contributed by atoms with Crippen LogP contribution in [0, 0.1) is 11.3 Å². The molecule has 0 unspecified atom stereocenters. The minimum Gasteiger partial charge on any atom is -0.365 e. The summed E-state index contributed by atoms with van der Waals surface area (Å²) in [5.74, 6) is 0.672. The Bertz CT molecular complexity index is 443. The van der Waals surface area contributed by atoms with E-state index in [-0.39, 0.29) is 0 Å². The van der Waals surface area contributed by atoms with Crippen molar-refractivity contribution < 1.29 is 0 Å². The Labute approximate surface area is 102 Å². The molecule has 1 aromatic heterocycles. The number of hydrogen-bond acceptors (Lipinski definition) is 4. The Hall–Kier alpha value is -1.63. The first-order valence-corrected chi connectivity index (χ1v) is 6.35. The Kier molecular flexibility index (Phi) is 3.58. The van der Waals surface area contributed by atoms with E-state index in [1.54, 1.807) is 0 Å². The lowest BCUT2D eigenvalue weighted by Crippen LogP contribution is -2.28. The van der Waals surface area contributed by atoms with Gasteiger partial charge in [-0.15, -0.1) is 5.10 Å². The van der Waals surface area contributed by atoms with E-state index in [0.29, 0.717) is 17.4 Å². The zero-order valence-corrected chi connectivity index (χ0v) is 10.5. The van der Waals surface area contributed by atoms with E-state index < -0.39 is 0 Å². The molecule has 1 aliphatic carbocycles. The van der Waals surface area contributed by atoms with Crippen LogP contribution in [0.15, 0.2) is 0 Å². The maximum atomic E-state index is 9.30. The molecule has 90 valence electrons. The van der Waals surface area contributed by atoms with E-state index in [1.807, 2.05) is 6.92 Å². The summed E-state index contributed by atoms with van der Waals surface area (Å²) in [5.41, 5.74) is 2.68. The third-order valence-corrected chi connectivity index (χ3v) is 3.40. The fourth-order valence-electron chi connectivity index (χ4n) is 2.14. The molecule has 1 N–H and O–H groups in total. The van der Waals surface area contributed by atoms with Crippen LogP contribution in [0.3, 0.4) is 0 Å². The van der Waals surface area contributed by atoms with Crippen molar-refractivity contribution in [3.05, 3.63) is 16.8 Å². The van der Waals surface area contributed by atoms with Gasteiger partial charge in [-0.1, -0.05) is 13.8 Å². The monoisotopic (exact) mass is 230 g/mol. The topological polar surface area (TPSA) is 61.6 Å². The van der Waals surface area contributed by atoms with E-state index >= 15 is 0 Å². The maximum absolute atomic E-state index is 9.30. The van der Waals surface area contributed by atoms with Crippen molar-refractivity contribution in [2.75, 3.05) is 5.32 Å². The second-order valence-corrected chi connectivity index (χ2v) is 4.44. The number of aromatic nitrogens is 2. The summed E-state index contributed by atoms with van der Waals surface area (Å²) in [7, 11) is 0. The maximum Gasteiger partial charge on any atom is 0.167 e. The van der Waals surface area contributed by atoms with Crippen LogP contribution in [0.4, 0.5) is 5.82 Å². The van der Waals surface area contributed by atoms with Gasteiger partial charge in [0, 0.05) is 6.04 Å². The van der Waals surface area contributed by atoms with Gasteiger partial charge in [-0.25, -0.2) is 0 Å². The normalized spacial score (nSPS) is 15.1. The number of rotatable bonds is 4. The molecule has 17 heavy (non-hydrogen) atoms. The van der Waals surface area contributed by atoms with Crippen molar-refractivity contribution in [2.45, 2.75) is 52.0 Å². The number of anilines is 1. The lowest BCUT2D eigenvalue weighted by Gasteiger charge is -2.27. The molecule has 0 amide bonds. The smallest absolute Gasteiger partial charge is 0.167 e. The molecule has 1 aliphatic rings. The van der Waals surface area contributed by atoms with Crippen molar-refractivity contribution in [2.24, 2.45) is 0 Å². The van der Waals surface area contributed by atoms with E-state index in [0.717, 1.165) is 24.1 Å². The molecular formula is C13H18N4. The minimum absolute atomic E-state index is 0.480. The van der Waals surface area contributed by atoms with Crippen LogP contribution in [0.2, 0.25) is 0 Å². The van der Waals surface area contributed by atoms with Crippen molar-refractivity contribution >= 4 is 5.82 Å². The molecule has 0 atom stereocenters. The highest BCUT2D eigenvalue weighted by Gasteiger charge is 2.21.